The van der Waals surface area contributed by atoms with E-state index in [0.29, 0.717) is 31.7 Å². The summed E-state index contributed by atoms with van der Waals surface area (Å²) in [6, 6.07) is 16.6. The van der Waals surface area contributed by atoms with Crippen molar-refractivity contribution in [2.24, 2.45) is 0 Å². The number of nitrogens with one attached hydrogen (secondary N) is 1. The number of benzene rings is 2. The molecule has 1 amide bonds. The Morgan fingerprint density at radius 1 is 0.946 bits per heavy atom. The van der Waals surface area contributed by atoms with Crippen molar-refractivity contribution in [3.63, 3.8) is 0 Å². The molecule has 4 aromatic rings. The number of alkyl carbamates (subject to hydrolysis) is 1. The van der Waals surface area contributed by atoms with Crippen molar-refractivity contribution < 1.29 is 14.3 Å². The number of nitrogens with zero attached hydrogens (tertiary/aromatic N) is 2. The average molecular weight is 532 g/mol. The maximum Gasteiger partial charge on any atom is 0.407 e. The Balaban J connectivity index is 1.10. The molecule has 0 atom stereocenters. The van der Waals surface area contributed by atoms with Gasteiger partial charge in [-0.05, 0) is 28.7 Å². The third-order valence-corrected chi connectivity index (χ3v) is 8.29. The van der Waals surface area contributed by atoms with Crippen LogP contribution in [-0.2, 0) is 11.2 Å². The van der Waals surface area contributed by atoms with Crippen molar-refractivity contribution in [2.75, 3.05) is 13.2 Å². The Morgan fingerprint density at radius 3 is 2.41 bits per heavy atom. The van der Waals surface area contributed by atoms with E-state index in [9.17, 15) is 9.59 Å². The number of unbranched alkanes of at least 4 members (excludes halogenated alkanes) is 2. The van der Waals surface area contributed by atoms with E-state index in [-0.39, 0.29) is 11.7 Å². The number of ketones is 1. The SMILES string of the molecule is CCCCCC(=O)c1csc(-c2csc(CCNC(=O)OCC3c4ccccc4-c4ccccc43)n2)n1. The van der Waals surface area contributed by atoms with Gasteiger partial charge in [0.1, 0.15) is 23.0 Å². The normalized spacial score (nSPS) is 12.2. The molecule has 0 saturated carbocycles. The number of hydrogen-bond acceptors (Lipinski definition) is 7. The van der Waals surface area contributed by atoms with Gasteiger partial charge in [-0.2, -0.15) is 0 Å². The summed E-state index contributed by atoms with van der Waals surface area (Å²) in [5, 5.41) is 8.27. The highest BCUT2D eigenvalue weighted by Gasteiger charge is 2.29. The second-order valence-electron chi connectivity index (χ2n) is 9.05. The van der Waals surface area contributed by atoms with E-state index < -0.39 is 6.09 Å². The molecule has 1 N–H and O–H groups in total. The zero-order chi connectivity index (χ0) is 25.6. The number of fused-ring (bicyclic) bond motifs is 3. The van der Waals surface area contributed by atoms with Gasteiger partial charge in [-0.1, -0.05) is 68.3 Å². The topological polar surface area (TPSA) is 81.2 Å². The molecular weight excluding hydrogens is 502 g/mol. The standard InChI is InChI=1S/C29H29N3O3S2/c1-2-3-4-13-26(33)24-17-37-28(32-24)25-18-36-27(31-25)14-15-30-29(34)35-16-23-21-11-7-5-9-19(21)20-10-6-8-12-22(20)23/h5-12,17-18,23H,2-4,13-16H2,1H3,(H,30,34). The van der Waals surface area contributed by atoms with Crippen molar-refractivity contribution in [1.29, 1.82) is 0 Å². The molecule has 6 nitrogen and oxygen atoms in total. The highest BCUT2D eigenvalue weighted by Crippen LogP contribution is 2.44. The Morgan fingerprint density at radius 2 is 1.68 bits per heavy atom. The molecule has 0 radical (unpaired) electrons. The fourth-order valence-electron chi connectivity index (χ4n) is 4.63. The zero-order valence-electron chi connectivity index (χ0n) is 20.7. The molecule has 1 aliphatic rings. The Bertz CT molecular complexity index is 1350. The Hall–Kier alpha value is -3.36. The van der Waals surface area contributed by atoms with Gasteiger partial charge in [0.25, 0.3) is 0 Å². The lowest BCUT2D eigenvalue weighted by atomic mass is 9.98. The summed E-state index contributed by atoms with van der Waals surface area (Å²) in [5.74, 6) is 0.139. The summed E-state index contributed by atoms with van der Waals surface area (Å²) >= 11 is 2.97. The lowest BCUT2D eigenvalue weighted by Crippen LogP contribution is -2.28. The summed E-state index contributed by atoms with van der Waals surface area (Å²) < 4.78 is 5.61. The molecule has 2 heterocycles. The zero-order valence-corrected chi connectivity index (χ0v) is 22.4. The van der Waals surface area contributed by atoms with E-state index in [0.717, 1.165) is 35.0 Å². The van der Waals surface area contributed by atoms with Gasteiger partial charge >= 0.3 is 6.09 Å². The molecule has 0 spiro atoms. The van der Waals surface area contributed by atoms with Crippen molar-refractivity contribution in [3.05, 3.63) is 81.1 Å². The molecule has 37 heavy (non-hydrogen) atoms. The minimum Gasteiger partial charge on any atom is -0.449 e. The number of carbonyl (C=O) groups excluding carboxylic acids is 2. The van der Waals surface area contributed by atoms with E-state index in [1.807, 2.05) is 35.0 Å². The van der Waals surface area contributed by atoms with Gasteiger partial charge in [-0.3, -0.25) is 4.79 Å². The van der Waals surface area contributed by atoms with Crippen LogP contribution in [0.2, 0.25) is 0 Å². The van der Waals surface area contributed by atoms with Gasteiger partial charge in [0.15, 0.2) is 5.78 Å². The number of thiazole rings is 2. The van der Waals surface area contributed by atoms with Gasteiger partial charge in [-0.25, -0.2) is 14.8 Å². The second-order valence-corrected chi connectivity index (χ2v) is 10.8. The third-order valence-electron chi connectivity index (χ3n) is 6.52. The van der Waals surface area contributed by atoms with Gasteiger partial charge in [0.05, 0.1) is 5.01 Å². The van der Waals surface area contributed by atoms with Crippen LogP contribution in [0.4, 0.5) is 4.79 Å². The molecule has 2 aromatic heterocycles. The first kappa shape index (κ1) is 25.3. The Labute approximate surface area is 224 Å². The van der Waals surface area contributed by atoms with E-state index in [2.05, 4.69) is 46.5 Å². The lowest BCUT2D eigenvalue weighted by molar-refractivity contribution is 0.0975. The number of ether oxygens (including phenoxy) is 1. The van der Waals surface area contributed by atoms with Crippen LogP contribution < -0.4 is 5.32 Å². The predicted octanol–water partition coefficient (Wildman–Crippen LogP) is 7.11. The van der Waals surface area contributed by atoms with Crippen molar-refractivity contribution in [1.82, 2.24) is 15.3 Å². The quantitative estimate of drug-likeness (QED) is 0.165. The lowest BCUT2D eigenvalue weighted by Gasteiger charge is -2.14. The number of carbonyl (C=O) groups is 2. The maximum atomic E-state index is 12.4. The van der Waals surface area contributed by atoms with Crippen LogP contribution >= 0.6 is 22.7 Å². The molecular formula is C29H29N3O3S2. The second kappa shape index (κ2) is 11.8. The summed E-state index contributed by atoms with van der Waals surface area (Å²) in [7, 11) is 0. The van der Waals surface area contributed by atoms with Crippen molar-refractivity contribution >= 4 is 34.6 Å². The predicted molar refractivity (Wildman–Crippen MR) is 148 cm³/mol. The molecule has 0 fully saturated rings. The highest BCUT2D eigenvalue weighted by molar-refractivity contribution is 7.14. The highest BCUT2D eigenvalue weighted by atomic mass is 32.1. The maximum absolute atomic E-state index is 12.4. The summed E-state index contributed by atoms with van der Waals surface area (Å²) in [5.41, 5.74) is 6.11. The van der Waals surface area contributed by atoms with Crippen molar-refractivity contribution in [3.8, 4) is 21.8 Å². The molecule has 0 saturated heterocycles. The van der Waals surface area contributed by atoms with Crippen LogP contribution in [0, 0.1) is 0 Å². The Kier molecular flexibility index (Phi) is 8.06. The first-order chi connectivity index (χ1) is 18.1. The van der Waals surface area contributed by atoms with Gasteiger partial charge in [0, 0.05) is 36.1 Å². The summed E-state index contributed by atoms with van der Waals surface area (Å²) in [6.07, 6.45) is 3.77. The molecule has 1 aliphatic carbocycles. The van der Waals surface area contributed by atoms with Gasteiger partial charge < -0.3 is 10.1 Å². The number of rotatable bonds is 11. The molecule has 5 rings (SSSR count). The van der Waals surface area contributed by atoms with Crippen molar-refractivity contribution in [2.45, 2.75) is 44.9 Å². The van der Waals surface area contributed by atoms with Crippen LogP contribution in [0.3, 0.4) is 0 Å². The first-order valence-electron chi connectivity index (χ1n) is 12.7. The number of amides is 1. The van der Waals surface area contributed by atoms with E-state index in [1.54, 1.807) is 0 Å². The van der Waals surface area contributed by atoms with Crippen LogP contribution in [-0.4, -0.2) is 35.0 Å². The van der Waals surface area contributed by atoms with Crippen LogP contribution in [0.5, 0.6) is 0 Å². The minimum absolute atomic E-state index is 0.0429. The fourth-order valence-corrected chi connectivity index (χ4v) is 6.27. The number of aromatic nitrogens is 2. The summed E-state index contributed by atoms with van der Waals surface area (Å²) in [6.45, 7) is 2.85. The van der Waals surface area contributed by atoms with Crippen LogP contribution in [0.25, 0.3) is 21.8 Å². The van der Waals surface area contributed by atoms with Crippen LogP contribution in [0.1, 0.15) is 65.1 Å². The first-order valence-corrected chi connectivity index (χ1v) is 14.4. The molecule has 0 bridgehead atoms. The number of hydrogen-bond donors (Lipinski definition) is 1. The minimum atomic E-state index is -0.426. The van der Waals surface area contributed by atoms with Gasteiger partial charge in [0.2, 0.25) is 0 Å². The summed E-state index contributed by atoms with van der Waals surface area (Å²) in [4.78, 5) is 33.9. The number of Topliss-reactive ketones (excluding diaryl/α,β-unsaturated/α-hetero) is 1. The molecule has 0 unspecified atom stereocenters. The fraction of sp³-hybridized carbons (Fsp3) is 0.310. The van der Waals surface area contributed by atoms with E-state index in [4.69, 9.17) is 4.74 Å². The molecule has 2 aromatic carbocycles. The molecule has 8 heteroatoms. The van der Waals surface area contributed by atoms with E-state index in [1.165, 1.54) is 44.9 Å². The smallest absolute Gasteiger partial charge is 0.407 e. The average Bonchev–Trinajstić information content (AvgIpc) is 3.65. The monoisotopic (exact) mass is 531 g/mol. The molecule has 190 valence electrons. The largest absolute Gasteiger partial charge is 0.449 e. The molecule has 0 aliphatic heterocycles. The van der Waals surface area contributed by atoms with E-state index >= 15 is 0 Å². The van der Waals surface area contributed by atoms with Crippen LogP contribution in [0.15, 0.2) is 59.3 Å². The van der Waals surface area contributed by atoms with Gasteiger partial charge in [-0.15, -0.1) is 22.7 Å². The third kappa shape index (κ3) is 5.81.